The first kappa shape index (κ1) is 10.1. The van der Waals surface area contributed by atoms with E-state index < -0.39 is 0 Å². The highest BCUT2D eigenvalue weighted by molar-refractivity contribution is 5.81. The summed E-state index contributed by atoms with van der Waals surface area (Å²) in [6.45, 7) is 4.23. The van der Waals surface area contributed by atoms with Gasteiger partial charge in [-0.25, -0.2) is 4.39 Å². The van der Waals surface area contributed by atoms with Crippen LogP contribution in [0, 0.1) is 18.7 Å². The van der Waals surface area contributed by atoms with Crippen LogP contribution < -0.4 is 5.32 Å². The number of amides is 1. The first-order chi connectivity index (χ1) is 7.09. The summed E-state index contributed by atoms with van der Waals surface area (Å²) < 4.78 is 13.4. The molecule has 0 bridgehead atoms. The lowest BCUT2D eigenvalue weighted by Crippen LogP contribution is -2.16. The molecule has 3 heteroatoms. The number of halogens is 1. The second-order valence-corrected chi connectivity index (χ2v) is 4.15. The molecule has 0 unspecified atom stereocenters. The number of carbonyl (C=O) groups excluding carboxylic acids is 1. The number of hydrogen-bond acceptors (Lipinski definition) is 1. The van der Waals surface area contributed by atoms with Gasteiger partial charge in [0, 0.05) is 18.4 Å². The van der Waals surface area contributed by atoms with E-state index in [1.54, 1.807) is 13.0 Å². The van der Waals surface area contributed by atoms with Crippen LogP contribution in [0.15, 0.2) is 18.2 Å². The van der Waals surface area contributed by atoms with Crippen LogP contribution in [0.1, 0.15) is 24.0 Å². The lowest BCUT2D eigenvalue weighted by atomic mass is 9.89. The van der Waals surface area contributed by atoms with E-state index in [9.17, 15) is 9.18 Å². The SMILES string of the molecule is Cc1ccc([C@@H]2CNC(=O)[C@H]2C)cc1F. The van der Waals surface area contributed by atoms with Gasteiger partial charge in [0.05, 0.1) is 0 Å². The topological polar surface area (TPSA) is 29.1 Å². The van der Waals surface area contributed by atoms with Gasteiger partial charge < -0.3 is 5.32 Å². The summed E-state index contributed by atoms with van der Waals surface area (Å²) in [5.41, 5.74) is 1.55. The lowest BCUT2D eigenvalue weighted by Gasteiger charge is -2.13. The summed E-state index contributed by atoms with van der Waals surface area (Å²) in [4.78, 5) is 11.3. The zero-order chi connectivity index (χ0) is 11.0. The van der Waals surface area contributed by atoms with Gasteiger partial charge in [0.25, 0.3) is 0 Å². The second-order valence-electron chi connectivity index (χ2n) is 4.15. The van der Waals surface area contributed by atoms with Gasteiger partial charge in [-0.15, -0.1) is 0 Å². The summed E-state index contributed by atoms with van der Waals surface area (Å²) >= 11 is 0. The largest absolute Gasteiger partial charge is 0.355 e. The summed E-state index contributed by atoms with van der Waals surface area (Å²) in [5, 5.41) is 2.79. The molecule has 1 N–H and O–H groups in total. The van der Waals surface area contributed by atoms with E-state index in [1.807, 2.05) is 13.0 Å². The Morgan fingerprint density at radius 3 is 2.73 bits per heavy atom. The molecule has 1 saturated heterocycles. The average molecular weight is 207 g/mol. The summed E-state index contributed by atoms with van der Waals surface area (Å²) in [7, 11) is 0. The molecule has 0 aromatic heterocycles. The zero-order valence-electron chi connectivity index (χ0n) is 8.88. The standard InChI is InChI=1S/C12H14FNO/c1-7-3-4-9(5-11(7)13)10-6-14-12(15)8(10)2/h3-5,8,10H,6H2,1-2H3,(H,14,15)/t8-,10+/m0/s1. The van der Waals surface area contributed by atoms with Crippen molar-refractivity contribution in [3.8, 4) is 0 Å². The van der Waals surface area contributed by atoms with Crippen molar-refractivity contribution in [2.75, 3.05) is 6.54 Å². The van der Waals surface area contributed by atoms with Gasteiger partial charge in [-0.1, -0.05) is 19.1 Å². The van der Waals surface area contributed by atoms with Crippen LogP contribution >= 0.6 is 0 Å². The third-order valence-corrected chi connectivity index (χ3v) is 3.14. The minimum absolute atomic E-state index is 0.0565. The molecule has 2 rings (SSSR count). The van der Waals surface area contributed by atoms with Crippen molar-refractivity contribution in [1.82, 2.24) is 5.32 Å². The molecule has 0 aliphatic carbocycles. The maximum Gasteiger partial charge on any atom is 0.223 e. The van der Waals surface area contributed by atoms with E-state index in [1.165, 1.54) is 6.07 Å². The molecule has 2 nitrogen and oxygen atoms in total. The number of nitrogens with one attached hydrogen (secondary N) is 1. The Morgan fingerprint density at radius 1 is 1.47 bits per heavy atom. The highest BCUT2D eigenvalue weighted by atomic mass is 19.1. The minimum Gasteiger partial charge on any atom is -0.355 e. The van der Waals surface area contributed by atoms with Gasteiger partial charge >= 0.3 is 0 Å². The molecule has 0 spiro atoms. The Morgan fingerprint density at radius 2 is 2.20 bits per heavy atom. The Bertz CT molecular complexity index is 403. The molecule has 1 aromatic carbocycles. The Balaban J connectivity index is 2.30. The van der Waals surface area contributed by atoms with Crippen LogP contribution in [-0.2, 0) is 4.79 Å². The predicted octanol–water partition coefficient (Wildman–Crippen LogP) is 1.98. The number of rotatable bonds is 1. The third kappa shape index (κ3) is 1.74. The Hall–Kier alpha value is -1.38. The molecular formula is C12H14FNO. The number of hydrogen-bond donors (Lipinski definition) is 1. The normalized spacial score (nSPS) is 25.4. The van der Waals surface area contributed by atoms with E-state index in [0.717, 1.165) is 5.56 Å². The van der Waals surface area contributed by atoms with Crippen molar-refractivity contribution in [1.29, 1.82) is 0 Å². The van der Waals surface area contributed by atoms with Crippen LogP contribution in [0.3, 0.4) is 0 Å². The molecule has 1 fully saturated rings. The quantitative estimate of drug-likeness (QED) is 0.749. The van der Waals surface area contributed by atoms with Gasteiger partial charge in [-0.2, -0.15) is 0 Å². The van der Waals surface area contributed by atoms with Crippen LogP contribution in [0.2, 0.25) is 0 Å². The van der Waals surface area contributed by atoms with Gasteiger partial charge in [0.15, 0.2) is 0 Å². The number of benzene rings is 1. The monoisotopic (exact) mass is 207 g/mol. The predicted molar refractivity (Wildman–Crippen MR) is 56.1 cm³/mol. The summed E-state index contributed by atoms with van der Waals surface area (Å²) in [6.07, 6.45) is 0. The fourth-order valence-corrected chi connectivity index (χ4v) is 1.98. The van der Waals surface area contributed by atoms with Crippen molar-refractivity contribution < 1.29 is 9.18 Å². The zero-order valence-corrected chi connectivity index (χ0v) is 8.88. The van der Waals surface area contributed by atoms with E-state index in [2.05, 4.69) is 5.32 Å². The molecule has 1 aliphatic rings. The Labute approximate surface area is 88.5 Å². The van der Waals surface area contributed by atoms with Gasteiger partial charge in [-0.05, 0) is 24.1 Å². The Kier molecular flexibility index (Phi) is 2.47. The first-order valence-electron chi connectivity index (χ1n) is 5.13. The maximum absolute atomic E-state index is 13.4. The molecule has 2 atom stereocenters. The lowest BCUT2D eigenvalue weighted by molar-refractivity contribution is -0.122. The second kappa shape index (κ2) is 3.65. The molecule has 80 valence electrons. The van der Waals surface area contributed by atoms with Crippen molar-refractivity contribution in [2.24, 2.45) is 5.92 Å². The fraction of sp³-hybridized carbons (Fsp3) is 0.417. The maximum atomic E-state index is 13.4. The van der Waals surface area contributed by atoms with Gasteiger partial charge in [0.2, 0.25) is 5.91 Å². The summed E-state index contributed by atoms with van der Waals surface area (Å²) in [6, 6.07) is 5.21. The number of carbonyl (C=O) groups is 1. The molecule has 1 aromatic rings. The van der Waals surface area contributed by atoms with E-state index >= 15 is 0 Å². The van der Waals surface area contributed by atoms with Crippen LogP contribution in [-0.4, -0.2) is 12.5 Å². The molecule has 1 heterocycles. The van der Waals surface area contributed by atoms with Crippen molar-refractivity contribution in [3.63, 3.8) is 0 Å². The van der Waals surface area contributed by atoms with E-state index in [0.29, 0.717) is 12.1 Å². The average Bonchev–Trinajstić information content (AvgIpc) is 2.53. The van der Waals surface area contributed by atoms with Crippen molar-refractivity contribution in [2.45, 2.75) is 19.8 Å². The first-order valence-corrected chi connectivity index (χ1v) is 5.13. The smallest absolute Gasteiger partial charge is 0.223 e. The molecule has 0 saturated carbocycles. The van der Waals surface area contributed by atoms with Crippen LogP contribution in [0.4, 0.5) is 4.39 Å². The molecule has 15 heavy (non-hydrogen) atoms. The van der Waals surface area contributed by atoms with Crippen molar-refractivity contribution >= 4 is 5.91 Å². The van der Waals surface area contributed by atoms with E-state index in [-0.39, 0.29) is 23.6 Å². The van der Waals surface area contributed by atoms with E-state index in [4.69, 9.17) is 0 Å². The third-order valence-electron chi connectivity index (χ3n) is 3.14. The molecule has 1 amide bonds. The van der Waals surface area contributed by atoms with Gasteiger partial charge in [0.1, 0.15) is 5.82 Å². The fourth-order valence-electron chi connectivity index (χ4n) is 1.98. The summed E-state index contributed by atoms with van der Waals surface area (Å²) in [5.74, 6) is -0.0975. The van der Waals surface area contributed by atoms with Gasteiger partial charge in [-0.3, -0.25) is 4.79 Å². The molecule has 0 radical (unpaired) electrons. The molecule has 1 aliphatic heterocycles. The highest BCUT2D eigenvalue weighted by Crippen LogP contribution is 2.29. The minimum atomic E-state index is -0.195. The highest BCUT2D eigenvalue weighted by Gasteiger charge is 2.31. The van der Waals surface area contributed by atoms with Crippen LogP contribution in [0.5, 0.6) is 0 Å². The number of aryl methyl sites for hydroxylation is 1. The van der Waals surface area contributed by atoms with Crippen LogP contribution in [0.25, 0.3) is 0 Å². The molecular weight excluding hydrogens is 193 g/mol. The van der Waals surface area contributed by atoms with Crippen molar-refractivity contribution in [3.05, 3.63) is 35.1 Å².